The number of hydrogen-bond donors (Lipinski definition) is 4. The Labute approximate surface area is 301 Å². The Morgan fingerprint density at radius 1 is 0.673 bits per heavy atom. The molecule has 4 N–H and O–H groups in total. The van der Waals surface area contributed by atoms with Crippen molar-refractivity contribution in [3.63, 3.8) is 0 Å². The summed E-state index contributed by atoms with van der Waals surface area (Å²) in [5.74, 6) is -1.33. The van der Waals surface area contributed by atoms with Gasteiger partial charge in [0.25, 0.3) is 0 Å². The van der Waals surface area contributed by atoms with Crippen LogP contribution in [0.15, 0.2) is 48.8 Å². The second-order valence-corrected chi connectivity index (χ2v) is 15.2. The fourth-order valence-corrected chi connectivity index (χ4v) is 6.73. The minimum atomic E-state index is -1.23. The van der Waals surface area contributed by atoms with Crippen molar-refractivity contribution in [1.82, 2.24) is 29.7 Å². The Kier molecular flexibility index (Phi) is 9.60. The first-order valence-electron chi connectivity index (χ1n) is 17.3. The molecular weight excluding hydrogens is 668 g/mol. The maximum atomic E-state index is 12.9. The van der Waals surface area contributed by atoms with Gasteiger partial charge < -0.3 is 29.7 Å². The number of aromatic amines is 2. The van der Waals surface area contributed by atoms with Crippen molar-refractivity contribution in [2.24, 2.45) is 0 Å². The molecule has 2 aliphatic rings. The van der Waals surface area contributed by atoms with Crippen molar-refractivity contribution in [1.29, 1.82) is 0 Å². The van der Waals surface area contributed by atoms with E-state index in [4.69, 9.17) is 9.47 Å². The molecular formula is C38H44N6O8. The zero-order valence-electron chi connectivity index (χ0n) is 30.1. The highest BCUT2D eigenvalue weighted by molar-refractivity contribution is 6.03. The number of amides is 2. The number of benzene rings is 2. The molecule has 2 aliphatic heterocycles. The van der Waals surface area contributed by atoms with Gasteiger partial charge in [0, 0.05) is 24.2 Å². The number of likely N-dealkylation sites (tertiary alicyclic amines) is 2. The smallest absolute Gasteiger partial charge is 0.410 e. The number of aromatic carboxylic acids is 2. The van der Waals surface area contributed by atoms with E-state index in [1.807, 2.05) is 41.5 Å². The summed E-state index contributed by atoms with van der Waals surface area (Å²) in [6, 6.07) is 8.92. The molecule has 2 fully saturated rings. The largest absolute Gasteiger partial charge is 0.478 e. The second-order valence-electron chi connectivity index (χ2n) is 15.2. The van der Waals surface area contributed by atoms with Crippen molar-refractivity contribution in [3.8, 4) is 33.6 Å². The number of aromatic nitrogens is 4. The van der Waals surface area contributed by atoms with Gasteiger partial charge in [0.2, 0.25) is 0 Å². The highest BCUT2D eigenvalue weighted by Gasteiger charge is 2.36. The van der Waals surface area contributed by atoms with Crippen LogP contribution < -0.4 is 0 Å². The minimum Gasteiger partial charge on any atom is -0.478 e. The standard InChI is InChI=1S/C38H44N6O8/c1-37(2,3)51-35(49)43-15-7-9-29(43)31-39-19-27(41-31)21-11-13-23(25(17-21)33(45)46)24-14-12-22(18-26(24)34(47)48)28-20-40-32(42-28)30-10-8-16-44(30)36(50)52-38(4,5)6/h11-14,17-20,29-30H,7-10,15-16H2,1-6H3,(H,39,41)(H,40,42)(H,45,46)(H,47,48). The van der Waals surface area contributed by atoms with Crippen LogP contribution in [-0.2, 0) is 9.47 Å². The molecule has 274 valence electrons. The molecule has 2 unspecified atom stereocenters. The summed E-state index contributed by atoms with van der Waals surface area (Å²) in [6.07, 6.45) is 5.32. The van der Waals surface area contributed by atoms with E-state index in [1.54, 1.807) is 46.5 Å². The molecule has 2 saturated heterocycles. The van der Waals surface area contributed by atoms with Gasteiger partial charge in [-0.15, -0.1) is 0 Å². The van der Waals surface area contributed by atoms with Crippen LogP contribution >= 0.6 is 0 Å². The molecule has 2 aromatic heterocycles. The molecule has 6 rings (SSSR count). The summed E-state index contributed by atoms with van der Waals surface area (Å²) in [6.45, 7) is 11.9. The van der Waals surface area contributed by atoms with Gasteiger partial charge in [0.05, 0.1) is 47.0 Å². The number of ether oxygens (including phenoxy) is 2. The monoisotopic (exact) mass is 712 g/mol. The predicted octanol–water partition coefficient (Wildman–Crippen LogP) is 7.67. The highest BCUT2D eigenvalue weighted by Crippen LogP contribution is 2.37. The summed E-state index contributed by atoms with van der Waals surface area (Å²) in [5, 5.41) is 20.5. The number of rotatable bonds is 7. The normalized spacial score (nSPS) is 17.7. The molecule has 2 amide bonds. The van der Waals surface area contributed by atoms with Crippen LogP contribution in [0.3, 0.4) is 0 Å². The van der Waals surface area contributed by atoms with E-state index in [0.29, 0.717) is 60.1 Å². The van der Waals surface area contributed by atoms with Crippen molar-refractivity contribution in [2.75, 3.05) is 13.1 Å². The third-order valence-corrected chi connectivity index (χ3v) is 9.00. The number of imidazole rings is 2. The molecule has 4 aromatic rings. The van der Waals surface area contributed by atoms with Gasteiger partial charge in [0.1, 0.15) is 22.9 Å². The summed E-state index contributed by atoms with van der Waals surface area (Å²) in [5.41, 5.74) is 1.18. The van der Waals surface area contributed by atoms with Crippen LogP contribution in [0.2, 0.25) is 0 Å². The lowest BCUT2D eigenvalue weighted by Gasteiger charge is -2.27. The molecule has 52 heavy (non-hydrogen) atoms. The van der Waals surface area contributed by atoms with Crippen LogP contribution in [0, 0.1) is 0 Å². The van der Waals surface area contributed by atoms with E-state index < -0.39 is 35.3 Å². The van der Waals surface area contributed by atoms with Gasteiger partial charge in [-0.2, -0.15) is 0 Å². The number of carboxylic acid groups (broad SMARTS) is 2. The van der Waals surface area contributed by atoms with Crippen LogP contribution in [0.4, 0.5) is 9.59 Å². The van der Waals surface area contributed by atoms with Gasteiger partial charge >= 0.3 is 24.1 Å². The summed E-state index contributed by atoms with van der Waals surface area (Å²) in [7, 11) is 0. The van der Waals surface area contributed by atoms with Crippen molar-refractivity contribution >= 4 is 24.1 Å². The van der Waals surface area contributed by atoms with Crippen LogP contribution in [-0.4, -0.2) is 88.4 Å². The molecule has 0 saturated carbocycles. The molecule has 0 spiro atoms. The van der Waals surface area contributed by atoms with E-state index in [0.717, 1.165) is 12.8 Å². The van der Waals surface area contributed by atoms with Gasteiger partial charge in [-0.25, -0.2) is 29.1 Å². The molecule has 0 radical (unpaired) electrons. The maximum absolute atomic E-state index is 12.9. The first-order valence-corrected chi connectivity index (χ1v) is 17.3. The zero-order chi connectivity index (χ0) is 37.5. The van der Waals surface area contributed by atoms with Crippen LogP contribution in [0.25, 0.3) is 33.6 Å². The summed E-state index contributed by atoms with van der Waals surface area (Å²) >= 11 is 0. The molecule has 0 bridgehead atoms. The fourth-order valence-electron chi connectivity index (χ4n) is 6.73. The molecule has 14 nitrogen and oxygen atoms in total. The van der Waals surface area contributed by atoms with Crippen LogP contribution in [0.5, 0.6) is 0 Å². The van der Waals surface area contributed by atoms with Crippen molar-refractivity contribution < 1.29 is 38.9 Å². The summed E-state index contributed by atoms with van der Waals surface area (Å²) < 4.78 is 11.2. The lowest BCUT2D eigenvalue weighted by Crippen LogP contribution is -2.36. The van der Waals surface area contributed by atoms with E-state index in [9.17, 15) is 29.4 Å². The quantitative estimate of drug-likeness (QED) is 0.148. The molecule has 14 heteroatoms. The lowest BCUT2D eigenvalue weighted by atomic mass is 9.92. The van der Waals surface area contributed by atoms with Gasteiger partial charge in [-0.3, -0.25) is 9.80 Å². The number of carboxylic acids is 2. The Bertz CT molecular complexity index is 1880. The Morgan fingerprint density at radius 3 is 1.40 bits per heavy atom. The topological polar surface area (TPSA) is 191 Å². The average molecular weight is 713 g/mol. The van der Waals surface area contributed by atoms with Crippen molar-refractivity contribution in [2.45, 2.75) is 90.5 Å². The molecule has 4 heterocycles. The Hall–Kier alpha value is -5.66. The van der Waals surface area contributed by atoms with Crippen LogP contribution in [0.1, 0.15) is 112 Å². The van der Waals surface area contributed by atoms with Gasteiger partial charge in [0.15, 0.2) is 0 Å². The van der Waals surface area contributed by atoms with E-state index in [2.05, 4.69) is 19.9 Å². The number of nitrogens with one attached hydrogen (secondary N) is 2. The Balaban J connectivity index is 1.26. The lowest BCUT2D eigenvalue weighted by molar-refractivity contribution is 0.0208. The van der Waals surface area contributed by atoms with Gasteiger partial charge in [-0.1, -0.05) is 24.3 Å². The van der Waals surface area contributed by atoms with Gasteiger partial charge in [-0.05, 0) is 90.5 Å². The maximum Gasteiger partial charge on any atom is 0.410 e. The molecule has 2 aromatic carbocycles. The third kappa shape index (κ3) is 7.65. The predicted molar refractivity (Wildman–Crippen MR) is 191 cm³/mol. The third-order valence-electron chi connectivity index (χ3n) is 9.00. The minimum absolute atomic E-state index is 0.0903. The van der Waals surface area contributed by atoms with E-state index >= 15 is 0 Å². The zero-order valence-corrected chi connectivity index (χ0v) is 30.1. The van der Waals surface area contributed by atoms with Crippen molar-refractivity contribution in [3.05, 3.63) is 71.6 Å². The number of carbonyl (C=O) groups excluding carboxylic acids is 2. The van der Waals surface area contributed by atoms with E-state index in [1.165, 1.54) is 12.1 Å². The summed E-state index contributed by atoms with van der Waals surface area (Å²) in [4.78, 5) is 69.7. The second kappa shape index (κ2) is 13.8. The number of hydrogen-bond acceptors (Lipinski definition) is 8. The average Bonchev–Trinajstić information content (AvgIpc) is 3.88. The fraction of sp³-hybridized carbons (Fsp3) is 0.421. The first-order chi connectivity index (χ1) is 24.5. The first kappa shape index (κ1) is 36.1. The molecule has 2 atom stereocenters. The number of H-pyrrole nitrogens is 2. The Morgan fingerprint density at radius 2 is 1.06 bits per heavy atom. The number of nitrogens with zero attached hydrogens (tertiary/aromatic N) is 4. The van der Waals surface area contributed by atoms with E-state index in [-0.39, 0.29) is 34.3 Å². The number of carbonyl (C=O) groups is 4. The highest BCUT2D eigenvalue weighted by atomic mass is 16.6. The molecule has 0 aliphatic carbocycles. The SMILES string of the molecule is CC(C)(C)OC(=O)N1CCCC1c1ncc(-c2ccc(-c3ccc(-c4cnc(C5CCCN5C(=O)OC(C)(C)C)[nH]4)cc3C(=O)O)c(C(=O)O)c2)[nH]1.